The lowest BCUT2D eigenvalue weighted by atomic mass is 9.94. The number of hydrogen-bond donors (Lipinski definition) is 0. The zero-order valence-corrected chi connectivity index (χ0v) is 12.2. The Morgan fingerprint density at radius 3 is 2.55 bits per heavy atom. The molecule has 0 aromatic heterocycles. The maximum absolute atomic E-state index is 12.4. The summed E-state index contributed by atoms with van der Waals surface area (Å²) in [5.74, 6) is 0.134. The van der Waals surface area contributed by atoms with Crippen molar-refractivity contribution in [2.75, 3.05) is 0 Å². The molecular weight excluding hydrogens is 270 g/mol. The number of benzene rings is 1. The van der Waals surface area contributed by atoms with Crippen LogP contribution in [0.25, 0.3) is 0 Å². The fourth-order valence-corrected chi connectivity index (χ4v) is 3.45. The van der Waals surface area contributed by atoms with Gasteiger partial charge in [-0.05, 0) is 44.2 Å². The predicted octanol–water partition coefficient (Wildman–Crippen LogP) is 3.53. The lowest BCUT2D eigenvalue weighted by molar-refractivity contribution is 0.579. The lowest BCUT2D eigenvalue weighted by Gasteiger charge is -2.14. The molecule has 4 heteroatoms. The molecule has 1 aliphatic rings. The first-order valence-electron chi connectivity index (χ1n) is 6.62. The first-order valence-corrected chi connectivity index (χ1v) is 8.11. The third-order valence-corrected chi connectivity index (χ3v) is 5.13. The summed E-state index contributed by atoms with van der Waals surface area (Å²) in [5, 5.41) is 9.19. The molecule has 1 aliphatic carbocycles. The molecule has 0 bridgehead atoms. The predicted molar refractivity (Wildman–Crippen MR) is 78.5 cm³/mol. The second-order valence-electron chi connectivity index (χ2n) is 5.00. The molecule has 0 fully saturated rings. The Kier molecular flexibility index (Phi) is 4.41. The van der Waals surface area contributed by atoms with E-state index in [4.69, 9.17) is 0 Å². The van der Waals surface area contributed by atoms with E-state index in [9.17, 15) is 13.7 Å². The fourth-order valence-electron chi connectivity index (χ4n) is 2.21. The van der Waals surface area contributed by atoms with Crippen LogP contribution in [0, 0.1) is 24.2 Å². The summed E-state index contributed by atoms with van der Waals surface area (Å²) in [5.41, 5.74) is 0.990. The first-order chi connectivity index (χ1) is 9.54. The van der Waals surface area contributed by atoms with Crippen LogP contribution in [-0.4, -0.2) is 8.42 Å². The minimum absolute atomic E-state index is 0.134. The van der Waals surface area contributed by atoms with Gasteiger partial charge in [0.2, 0.25) is 9.84 Å². The van der Waals surface area contributed by atoms with Crippen LogP contribution in [0.5, 0.6) is 0 Å². The summed E-state index contributed by atoms with van der Waals surface area (Å²) < 4.78 is 24.9. The van der Waals surface area contributed by atoms with Gasteiger partial charge in [0.1, 0.15) is 11.0 Å². The summed E-state index contributed by atoms with van der Waals surface area (Å²) in [7, 11) is -3.69. The van der Waals surface area contributed by atoms with Crippen molar-refractivity contribution in [3.8, 4) is 6.07 Å². The maximum Gasteiger partial charge on any atom is 0.216 e. The van der Waals surface area contributed by atoms with Crippen LogP contribution in [0.2, 0.25) is 0 Å². The summed E-state index contributed by atoms with van der Waals surface area (Å²) in [4.78, 5) is 0.0453. The molecule has 0 saturated carbocycles. The van der Waals surface area contributed by atoms with Crippen molar-refractivity contribution in [2.45, 2.75) is 31.1 Å². The molecule has 3 nitrogen and oxygen atoms in total. The largest absolute Gasteiger partial charge is 0.218 e. The van der Waals surface area contributed by atoms with Gasteiger partial charge in [-0.1, -0.05) is 35.9 Å². The van der Waals surface area contributed by atoms with E-state index in [1.807, 2.05) is 19.1 Å². The van der Waals surface area contributed by atoms with E-state index in [0.29, 0.717) is 0 Å². The summed E-state index contributed by atoms with van der Waals surface area (Å²) in [6, 6.07) is 8.44. The van der Waals surface area contributed by atoms with Crippen LogP contribution in [0.3, 0.4) is 0 Å². The van der Waals surface area contributed by atoms with E-state index in [-0.39, 0.29) is 15.7 Å². The Morgan fingerprint density at radius 1 is 1.30 bits per heavy atom. The molecule has 1 atom stereocenters. The highest BCUT2D eigenvalue weighted by molar-refractivity contribution is 7.95. The molecule has 0 radical (unpaired) electrons. The van der Waals surface area contributed by atoms with Crippen LogP contribution in [-0.2, 0) is 9.84 Å². The Balaban J connectivity index is 2.35. The lowest BCUT2D eigenvalue weighted by Crippen LogP contribution is -2.07. The summed E-state index contributed by atoms with van der Waals surface area (Å²) in [6.07, 6.45) is 8.37. The van der Waals surface area contributed by atoms with Crippen molar-refractivity contribution in [2.24, 2.45) is 5.92 Å². The third kappa shape index (κ3) is 3.17. The highest BCUT2D eigenvalue weighted by Crippen LogP contribution is 2.25. The maximum atomic E-state index is 12.4. The molecule has 0 amide bonds. The molecule has 0 aliphatic heterocycles. The van der Waals surface area contributed by atoms with E-state index in [0.717, 1.165) is 24.8 Å². The van der Waals surface area contributed by atoms with Crippen molar-refractivity contribution in [3.05, 3.63) is 53.0 Å². The summed E-state index contributed by atoms with van der Waals surface area (Å²) >= 11 is 0. The normalized spacial score (nSPS) is 19.6. The number of hydrogen-bond acceptors (Lipinski definition) is 3. The molecule has 0 saturated heterocycles. The van der Waals surface area contributed by atoms with Crippen molar-refractivity contribution >= 4 is 9.84 Å². The van der Waals surface area contributed by atoms with E-state index in [2.05, 4.69) is 6.08 Å². The zero-order chi connectivity index (χ0) is 14.6. The van der Waals surface area contributed by atoms with Gasteiger partial charge in [-0.3, -0.25) is 0 Å². The quantitative estimate of drug-likeness (QED) is 0.631. The van der Waals surface area contributed by atoms with Crippen LogP contribution in [0.4, 0.5) is 0 Å². The number of rotatable bonds is 3. The van der Waals surface area contributed by atoms with E-state index < -0.39 is 9.84 Å². The van der Waals surface area contributed by atoms with Crippen molar-refractivity contribution in [1.29, 1.82) is 5.26 Å². The van der Waals surface area contributed by atoms with Gasteiger partial charge in [0.05, 0.1) is 4.90 Å². The number of nitrogens with zero attached hydrogens (tertiary/aromatic N) is 1. The van der Waals surface area contributed by atoms with Gasteiger partial charge in [0.15, 0.2) is 0 Å². The zero-order valence-electron chi connectivity index (χ0n) is 11.4. The molecule has 0 N–H and O–H groups in total. The molecule has 1 aromatic rings. The van der Waals surface area contributed by atoms with E-state index in [1.54, 1.807) is 30.3 Å². The molecule has 1 unspecified atom stereocenters. The number of allylic oxidation sites excluding steroid dienone is 4. The average Bonchev–Trinajstić information content (AvgIpc) is 2.46. The Bertz CT molecular complexity index is 676. The highest BCUT2D eigenvalue weighted by atomic mass is 32.2. The average molecular weight is 287 g/mol. The Hall–Kier alpha value is -1.86. The molecular formula is C16H17NO2S. The van der Waals surface area contributed by atoms with Gasteiger partial charge in [-0.2, -0.15) is 5.26 Å². The van der Waals surface area contributed by atoms with E-state index in [1.165, 1.54) is 0 Å². The van der Waals surface area contributed by atoms with E-state index >= 15 is 0 Å². The number of aryl methyl sites for hydroxylation is 1. The first kappa shape index (κ1) is 14.5. The van der Waals surface area contributed by atoms with Gasteiger partial charge in [-0.15, -0.1) is 0 Å². The second-order valence-corrected chi connectivity index (χ2v) is 6.92. The Labute approximate surface area is 120 Å². The van der Waals surface area contributed by atoms with Gasteiger partial charge in [0, 0.05) is 0 Å². The fraction of sp³-hybridized carbons (Fsp3) is 0.312. The SMILES string of the molecule is Cc1ccc(S(=O)(=O)/C(C#N)=C\C2CC=CCC2)cc1. The molecule has 20 heavy (non-hydrogen) atoms. The van der Waals surface area contributed by atoms with Crippen LogP contribution in [0.1, 0.15) is 24.8 Å². The van der Waals surface area contributed by atoms with Crippen LogP contribution in [0.15, 0.2) is 52.3 Å². The molecule has 0 heterocycles. The third-order valence-electron chi connectivity index (χ3n) is 3.43. The second kappa shape index (κ2) is 6.06. The van der Waals surface area contributed by atoms with Gasteiger partial charge in [-0.25, -0.2) is 8.42 Å². The minimum Gasteiger partial charge on any atom is -0.218 e. The van der Waals surface area contributed by atoms with Crippen molar-refractivity contribution in [3.63, 3.8) is 0 Å². The smallest absolute Gasteiger partial charge is 0.216 e. The Morgan fingerprint density at radius 2 is 2.00 bits per heavy atom. The summed E-state index contributed by atoms with van der Waals surface area (Å²) in [6.45, 7) is 1.89. The molecule has 104 valence electrons. The standard InChI is InChI=1S/C16H17NO2S/c1-13-7-9-15(10-8-13)20(18,19)16(12-17)11-14-5-3-2-4-6-14/h2-3,7-11,14H,4-6H2,1H3/b16-11-. The van der Waals surface area contributed by atoms with Gasteiger partial charge < -0.3 is 0 Å². The monoisotopic (exact) mass is 287 g/mol. The minimum atomic E-state index is -3.69. The van der Waals surface area contributed by atoms with Gasteiger partial charge in [0.25, 0.3) is 0 Å². The van der Waals surface area contributed by atoms with Crippen LogP contribution >= 0.6 is 0 Å². The van der Waals surface area contributed by atoms with Crippen molar-refractivity contribution in [1.82, 2.24) is 0 Å². The van der Waals surface area contributed by atoms with Crippen molar-refractivity contribution < 1.29 is 8.42 Å². The van der Waals surface area contributed by atoms with Gasteiger partial charge >= 0.3 is 0 Å². The van der Waals surface area contributed by atoms with Crippen LogP contribution < -0.4 is 0 Å². The number of nitriles is 1. The number of sulfone groups is 1. The molecule has 2 rings (SSSR count). The molecule has 0 spiro atoms. The topological polar surface area (TPSA) is 57.9 Å². The molecule has 1 aromatic carbocycles. The highest BCUT2D eigenvalue weighted by Gasteiger charge is 2.22.